The molecule has 1 amide bonds. The zero-order valence-electron chi connectivity index (χ0n) is 14.6. The third-order valence-corrected chi connectivity index (χ3v) is 4.12. The lowest BCUT2D eigenvalue weighted by molar-refractivity contribution is -0.120. The van der Waals surface area contributed by atoms with Crippen molar-refractivity contribution in [3.05, 3.63) is 36.2 Å². The fraction of sp³-hybridized carbons (Fsp3) is 0.444. The minimum absolute atomic E-state index is 0.0104. The van der Waals surface area contributed by atoms with Crippen LogP contribution in [-0.4, -0.2) is 40.6 Å². The summed E-state index contributed by atoms with van der Waals surface area (Å²) in [7, 11) is 0. The van der Waals surface area contributed by atoms with Crippen molar-refractivity contribution in [2.75, 3.05) is 29.9 Å². The predicted octanol–water partition coefficient (Wildman–Crippen LogP) is 2.43. The van der Waals surface area contributed by atoms with Gasteiger partial charge in [-0.05, 0) is 38.8 Å². The van der Waals surface area contributed by atoms with Crippen LogP contribution in [-0.2, 0) is 4.79 Å². The van der Waals surface area contributed by atoms with E-state index in [-0.39, 0.29) is 11.8 Å². The van der Waals surface area contributed by atoms with Crippen molar-refractivity contribution in [1.82, 2.24) is 15.0 Å². The maximum atomic E-state index is 12.6. The van der Waals surface area contributed by atoms with Gasteiger partial charge in [0.15, 0.2) is 0 Å². The van der Waals surface area contributed by atoms with Gasteiger partial charge in [0, 0.05) is 31.0 Å². The van der Waals surface area contributed by atoms with Crippen LogP contribution in [0.15, 0.2) is 30.5 Å². The molecular formula is C18H23N5O2. The van der Waals surface area contributed by atoms with Crippen molar-refractivity contribution < 1.29 is 9.53 Å². The summed E-state index contributed by atoms with van der Waals surface area (Å²) in [6.45, 7) is 5.81. The van der Waals surface area contributed by atoms with Gasteiger partial charge in [0.2, 0.25) is 17.7 Å². The van der Waals surface area contributed by atoms with E-state index in [4.69, 9.17) is 4.74 Å². The van der Waals surface area contributed by atoms with Crippen LogP contribution >= 0.6 is 0 Å². The van der Waals surface area contributed by atoms with E-state index in [9.17, 15) is 4.79 Å². The Hall–Kier alpha value is -2.70. The molecule has 1 saturated heterocycles. The molecule has 1 unspecified atom stereocenters. The number of rotatable bonds is 5. The van der Waals surface area contributed by atoms with Crippen LogP contribution in [0.1, 0.15) is 25.5 Å². The van der Waals surface area contributed by atoms with Crippen LogP contribution in [0.2, 0.25) is 0 Å². The number of aromatic nitrogens is 3. The van der Waals surface area contributed by atoms with E-state index in [1.807, 2.05) is 30.9 Å². The highest BCUT2D eigenvalue weighted by molar-refractivity contribution is 5.92. The van der Waals surface area contributed by atoms with E-state index in [0.29, 0.717) is 30.8 Å². The van der Waals surface area contributed by atoms with Crippen molar-refractivity contribution in [3.63, 3.8) is 0 Å². The monoisotopic (exact) mass is 341 g/mol. The molecule has 0 aromatic carbocycles. The van der Waals surface area contributed by atoms with Crippen molar-refractivity contribution >= 4 is 17.7 Å². The molecule has 0 spiro atoms. The van der Waals surface area contributed by atoms with Gasteiger partial charge in [0.05, 0.1) is 12.5 Å². The molecule has 132 valence electrons. The Labute approximate surface area is 147 Å². The molecule has 7 heteroatoms. The summed E-state index contributed by atoms with van der Waals surface area (Å²) in [6, 6.07) is 7.34. The Morgan fingerprint density at radius 3 is 3.04 bits per heavy atom. The van der Waals surface area contributed by atoms with Gasteiger partial charge in [-0.3, -0.25) is 4.79 Å². The van der Waals surface area contributed by atoms with E-state index in [1.165, 1.54) is 0 Å². The predicted molar refractivity (Wildman–Crippen MR) is 95.7 cm³/mol. The zero-order valence-corrected chi connectivity index (χ0v) is 14.6. The average Bonchev–Trinajstić information content (AvgIpc) is 2.62. The third kappa shape index (κ3) is 4.43. The van der Waals surface area contributed by atoms with E-state index < -0.39 is 0 Å². The lowest BCUT2D eigenvalue weighted by atomic mass is 9.97. The summed E-state index contributed by atoms with van der Waals surface area (Å²) >= 11 is 0. The maximum absolute atomic E-state index is 12.6. The van der Waals surface area contributed by atoms with Gasteiger partial charge in [-0.25, -0.2) is 9.97 Å². The normalized spacial score (nSPS) is 17.2. The van der Waals surface area contributed by atoms with E-state index in [0.717, 1.165) is 25.1 Å². The molecule has 25 heavy (non-hydrogen) atoms. The van der Waals surface area contributed by atoms with Gasteiger partial charge in [-0.1, -0.05) is 6.07 Å². The second-order valence-electron chi connectivity index (χ2n) is 6.07. The number of amides is 1. The number of hydrogen-bond acceptors (Lipinski definition) is 6. The summed E-state index contributed by atoms with van der Waals surface area (Å²) in [5.41, 5.74) is 0.879. The fourth-order valence-electron chi connectivity index (χ4n) is 2.93. The molecule has 0 radical (unpaired) electrons. The number of ether oxygens (including phenoxy) is 1. The Morgan fingerprint density at radius 1 is 1.36 bits per heavy atom. The minimum atomic E-state index is -0.115. The van der Waals surface area contributed by atoms with Crippen molar-refractivity contribution in [3.8, 4) is 5.88 Å². The average molecular weight is 341 g/mol. The summed E-state index contributed by atoms with van der Waals surface area (Å²) in [6.07, 6.45) is 3.45. The van der Waals surface area contributed by atoms with Gasteiger partial charge in [-0.15, -0.1) is 0 Å². The Kier molecular flexibility index (Phi) is 5.42. The largest absolute Gasteiger partial charge is 0.478 e. The van der Waals surface area contributed by atoms with Crippen LogP contribution < -0.4 is 15.0 Å². The number of pyridine rings is 1. The van der Waals surface area contributed by atoms with Crippen LogP contribution in [0.25, 0.3) is 0 Å². The van der Waals surface area contributed by atoms with Crippen LogP contribution in [0.4, 0.5) is 11.8 Å². The third-order valence-electron chi connectivity index (χ3n) is 4.12. The number of hydrogen-bond donors (Lipinski definition) is 1. The number of aryl methyl sites for hydroxylation is 1. The number of carbonyl (C=O) groups excluding carboxylic acids is 1. The molecule has 1 N–H and O–H groups in total. The SMILES string of the molecule is CCOc1ccnc(N2CCCC(C(=O)Nc3cccc(C)n3)C2)n1. The summed E-state index contributed by atoms with van der Waals surface area (Å²) in [4.78, 5) is 27.7. The van der Waals surface area contributed by atoms with Gasteiger partial charge >= 0.3 is 0 Å². The lowest BCUT2D eigenvalue weighted by Crippen LogP contribution is -2.41. The minimum Gasteiger partial charge on any atom is -0.478 e. The highest BCUT2D eigenvalue weighted by atomic mass is 16.5. The van der Waals surface area contributed by atoms with Crippen LogP contribution in [0, 0.1) is 12.8 Å². The number of nitrogens with zero attached hydrogens (tertiary/aromatic N) is 4. The second kappa shape index (κ2) is 7.92. The first-order valence-corrected chi connectivity index (χ1v) is 8.61. The van der Waals surface area contributed by atoms with Gasteiger partial charge in [0.25, 0.3) is 0 Å². The molecule has 0 bridgehead atoms. The molecule has 1 aliphatic heterocycles. The maximum Gasteiger partial charge on any atom is 0.230 e. The van der Waals surface area contributed by atoms with Crippen molar-refractivity contribution in [1.29, 1.82) is 0 Å². The number of nitrogens with one attached hydrogen (secondary N) is 1. The summed E-state index contributed by atoms with van der Waals surface area (Å²) < 4.78 is 5.44. The van der Waals surface area contributed by atoms with E-state index in [2.05, 4.69) is 20.3 Å². The number of carbonyl (C=O) groups is 1. The Balaban J connectivity index is 1.66. The molecule has 1 aliphatic rings. The number of piperidine rings is 1. The molecule has 2 aromatic rings. The van der Waals surface area contributed by atoms with Crippen LogP contribution in [0.5, 0.6) is 5.88 Å². The Bertz CT molecular complexity index is 737. The van der Waals surface area contributed by atoms with Crippen molar-refractivity contribution in [2.45, 2.75) is 26.7 Å². The van der Waals surface area contributed by atoms with Gasteiger partial charge in [0.1, 0.15) is 5.82 Å². The molecule has 1 atom stereocenters. The van der Waals surface area contributed by atoms with Gasteiger partial charge in [-0.2, -0.15) is 4.98 Å². The Morgan fingerprint density at radius 2 is 2.24 bits per heavy atom. The zero-order chi connectivity index (χ0) is 17.6. The molecule has 7 nitrogen and oxygen atoms in total. The van der Waals surface area contributed by atoms with Crippen LogP contribution in [0.3, 0.4) is 0 Å². The smallest absolute Gasteiger partial charge is 0.230 e. The summed E-state index contributed by atoms with van der Waals surface area (Å²) in [5, 5.41) is 2.91. The standard InChI is InChI=1S/C18H23N5O2/c1-3-25-16-9-10-19-18(22-16)23-11-5-7-14(12-23)17(24)21-15-8-4-6-13(2)20-15/h4,6,8-10,14H,3,5,7,11-12H2,1-2H3,(H,20,21,24). The molecular weight excluding hydrogens is 318 g/mol. The molecule has 1 fully saturated rings. The molecule has 3 rings (SSSR count). The molecule has 0 aliphatic carbocycles. The quantitative estimate of drug-likeness (QED) is 0.900. The topological polar surface area (TPSA) is 80.2 Å². The first-order chi connectivity index (χ1) is 12.2. The lowest BCUT2D eigenvalue weighted by Gasteiger charge is -2.32. The molecule has 2 aromatic heterocycles. The highest BCUT2D eigenvalue weighted by Crippen LogP contribution is 2.22. The van der Waals surface area contributed by atoms with Crippen molar-refractivity contribution in [2.24, 2.45) is 5.92 Å². The second-order valence-corrected chi connectivity index (χ2v) is 6.07. The summed E-state index contributed by atoms with van der Waals surface area (Å²) in [5.74, 6) is 1.64. The highest BCUT2D eigenvalue weighted by Gasteiger charge is 2.27. The fourth-order valence-corrected chi connectivity index (χ4v) is 2.93. The van der Waals surface area contributed by atoms with Gasteiger partial charge < -0.3 is 15.0 Å². The molecule has 0 saturated carbocycles. The first-order valence-electron chi connectivity index (χ1n) is 8.61. The first kappa shape index (κ1) is 17.1. The number of anilines is 2. The van der Waals surface area contributed by atoms with E-state index >= 15 is 0 Å². The van der Waals surface area contributed by atoms with E-state index in [1.54, 1.807) is 18.3 Å². The molecule has 3 heterocycles.